The largest absolute Gasteiger partial charge is 0.493 e. The smallest absolute Gasteiger partial charge is 0.162 e. The van der Waals surface area contributed by atoms with E-state index in [9.17, 15) is 0 Å². The lowest BCUT2D eigenvalue weighted by molar-refractivity contribution is 0.284. The third kappa shape index (κ3) is 5.22. The van der Waals surface area contributed by atoms with Crippen molar-refractivity contribution >= 4 is 6.08 Å². The van der Waals surface area contributed by atoms with Crippen LogP contribution in [0.15, 0.2) is 54.7 Å². The van der Waals surface area contributed by atoms with Crippen molar-refractivity contribution in [3.63, 3.8) is 0 Å². The summed E-state index contributed by atoms with van der Waals surface area (Å²) in [6.45, 7) is 4.51. The van der Waals surface area contributed by atoms with Gasteiger partial charge in [-0.15, -0.1) is 0 Å². The van der Waals surface area contributed by atoms with Gasteiger partial charge in [0.25, 0.3) is 0 Å². The quantitative estimate of drug-likeness (QED) is 0.894. The molecular weight excluding hydrogens is 262 g/mol. The van der Waals surface area contributed by atoms with E-state index >= 15 is 0 Å². The van der Waals surface area contributed by atoms with Crippen LogP contribution in [0.1, 0.15) is 25.0 Å². The molecule has 0 aromatic heterocycles. The molecule has 0 heterocycles. The van der Waals surface area contributed by atoms with Gasteiger partial charge in [-0.3, -0.25) is 0 Å². The standard InChI is InChI=1S/C16H17NO2.C2H6/c1-18-15-8-7-13(9-10-17)11-16(15)19-12-14-5-3-2-4-6-14;1-2/h2-11H,12,17H2,1H3;1-2H3/b10-9+;. The summed E-state index contributed by atoms with van der Waals surface area (Å²) in [6.07, 6.45) is 3.32. The molecule has 2 aromatic carbocycles. The molecule has 0 amide bonds. The van der Waals surface area contributed by atoms with Gasteiger partial charge in [-0.1, -0.05) is 50.2 Å². The van der Waals surface area contributed by atoms with E-state index in [0.717, 1.165) is 11.1 Å². The Balaban J connectivity index is 0.00000106. The van der Waals surface area contributed by atoms with Crippen LogP contribution in [-0.4, -0.2) is 7.11 Å². The minimum absolute atomic E-state index is 0.507. The highest BCUT2D eigenvalue weighted by molar-refractivity contribution is 5.55. The van der Waals surface area contributed by atoms with E-state index in [-0.39, 0.29) is 0 Å². The Bertz CT molecular complexity index is 550. The highest BCUT2D eigenvalue weighted by atomic mass is 16.5. The second kappa shape index (κ2) is 9.48. The number of benzene rings is 2. The molecule has 0 radical (unpaired) electrons. The molecule has 0 unspecified atom stereocenters. The summed E-state index contributed by atoms with van der Waals surface area (Å²) in [5.41, 5.74) is 7.49. The molecule has 0 saturated carbocycles. The Labute approximate surface area is 127 Å². The van der Waals surface area contributed by atoms with E-state index < -0.39 is 0 Å². The van der Waals surface area contributed by atoms with Crippen molar-refractivity contribution in [1.82, 2.24) is 0 Å². The molecule has 0 aliphatic carbocycles. The first kappa shape index (κ1) is 16.6. The molecule has 3 nitrogen and oxygen atoms in total. The fourth-order valence-electron chi connectivity index (χ4n) is 1.76. The number of methoxy groups -OCH3 is 1. The molecule has 0 saturated heterocycles. The molecule has 3 heteroatoms. The van der Waals surface area contributed by atoms with Crippen molar-refractivity contribution in [2.75, 3.05) is 7.11 Å². The fraction of sp³-hybridized carbons (Fsp3) is 0.222. The zero-order valence-corrected chi connectivity index (χ0v) is 12.9. The average molecular weight is 285 g/mol. The maximum absolute atomic E-state index is 5.80. The number of hydrogen-bond acceptors (Lipinski definition) is 3. The topological polar surface area (TPSA) is 44.5 Å². The third-order valence-electron chi connectivity index (χ3n) is 2.71. The zero-order valence-electron chi connectivity index (χ0n) is 12.9. The SMILES string of the molecule is CC.COc1ccc(/C=C/N)cc1OCc1ccccc1. The van der Waals surface area contributed by atoms with Gasteiger partial charge in [0.05, 0.1) is 7.11 Å². The average Bonchev–Trinajstić information content (AvgIpc) is 2.56. The van der Waals surface area contributed by atoms with Crippen molar-refractivity contribution in [3.05, 3.63) is 65.9 Å². The molecule has 0 aliphatic rings. The second-order valence-electron chi connectivity index (χ2n) is 4.04. The molecule has 0 atom stereocenters. The maximum Gasteiger partial charge on any atom is 0.162 e. The fourth-order valence-corrected chi connectivity index (χ4v) is 1.76. The van der Waals surface area contributed by atoms with E-state index in [2.05, 4.69) is 0 Å². The molecule has 0 fully saturated rings. The van der Waals surface area contributed by atoms with E-state index in [4.69, 9.17) is 15.2 Å². The highest BCUT2D eigenvalue weighted by Crippen LogP contribution is 2.29. The van der Waals surface area contributed by atoms with Gasteiger partial charge in [-0.25, -0.2) is 0 Å². The Hall–Kier alpha value is -2.42. The minimum atomic E-state index is 0.507. The summed E-state index contributed by atoms with van der Waals surface area (Å²) in [7, 11) is 1.63. The Morgan fingerprint density at radius 2 is 1.71 bits per heavy atom. The third-order valence-corrected chi connectivity index (χ3v) is 2.71. The highest BCUT2D eigenvalue weighted by Gasteiger charge is 2.05. The predicted molar refractivity (Wildman–Crippen MR) is 88.3 cm³/mol. The number of rotatable bonds is 5. The number of nitrogens with two attached hydrogens (primary N) is 1. The van der Waals surface area contributed by atoms with E-state index in [1.54, 1.807) is 7.11 Å². The van der Waals surface area contributed by atoms with Crippen LogP contribution in [0.25, 0.3) is 6.08 Å². The Morgan fingerprint density at radius 1 is 1.00 bits per heavy atom. The van der Waals surface area contributed by atoms with Gasteiger partial charge in [0, 0.05) is 0 Å². The van der Waals surface area contributed by atoms with E-state index in [1.165, 1.54) is 6.20 Å². The van der Waals surface area contributed by atoms with Crippen molar-refractivity contribution in [1.29, 1.82) is 0 Å². The first-order valence-electron chi connectivity index (χ1n) is 7.06. The van der Waals surface area contributed by atoms with Gasteiger partial charge in [0.15, 0.2) is 11.5 Å². The van der Waals surface area contributed by atoms with Crippen LogP contribution < -0.4 is 15.2 Å². The first-order chi connectivity index (χ1) is 10.3. The van der Waals surface area contributed by atoms with E-state index in [1.807, 2.05) is 68.5 Å². The molecule has 0 bridgehead atoms. The lowest BCUT2D eigenvalue weighted by atomic mass is 10.2. The van der Waals surface area contributed by atoms with Crippen LogP contribution in [0.4, 0.5) is 0 Å². The summed E-state index contributed by atoms with van der Waals surface area (Å²) in [5.74, 6) is 1.42. The lowest BCUT2D eigenvalue weighted by Crippen LogP contribution is -1.97. The van der Waals surface area contributed by atoms with Crippen molar-refractivity contribution in [2.24, 2.45) is 5.73 Å². The van der Waals surface area contributed by atoms with Crippen molar-refractivity contribution < 1.29 is 9.47 Å². The van der Waals surface area contributed by atoms with Crippen LogP contribution in [0.5, 0.6) is 11.5 Å². The lowest BCUT2D eigenvalue weighted by Gasteiger charge is -2.11. The molecule has 2 aromatic rings. The van der Waals surface area contributed by atoms with Crippen LogP contribution in [-0.2, 0) is 6.61 Å². The summed E-state index contributed by atoms with van der Waals surface area (Å²) in [6, 6.07) is 15.7. The zero-order chi connectivity index (χ0) is 15.5. The van der Waals surface area contributed by atoms with E-state index in [0.29, 0.717) is 18.1 Å². The molecule has 2 N–H and O–H groups in total. The van der Waals surface area contributed by atoms with Crippen molar-refractivity contribution in [2.45, 2.75) is 20.5 Å². The van der Waals surface area contributed by atoms with Crippen LogP contribution >= 0.6 is 0 Å². The van der Waals surface area contributed by atoms with Gasteiger partial charge in [0.1, 0.15) is 6.61 Å². The first-order valence-corrected chi connectivity index (χ1v) is 7.06. The minimum Gasteiger partial charge on any atom is -0.493 e. The monoisotopic (exact) mass is 285 g/mol. The van der Waals surface area contributed by atoms with Gasteiger partial charge in [-0.2, -0.15) is 0 Å². The Morgan fingerprint density at radius 3 is 2.33 bits per heavy atom. The summed E-state index contributed by atoms with van der Waals surface area (Å²) in [4.78, 5) is 0. The number of hydrogen-bond donors (Lipinski definition) is 1. The second-order valence-corrected chi connectivity index (χ2v) is 4.04. The summed E-state index contributed by atoms with van der Waals surface area (Å²) >= 11 is 0. The number of ether oxygens (including phenoxy) is 2. The summed E-state index contributed by atoms with van der Waals surface area (Å²) < 4.78 is 11.1. The molecule has 112 valence electrons. The molecule has 2 rings (SSSR count). The molecule has 0 spiro atoms. The Kier molecular flexibility index (Phi) is 7.51. The van der Waals surface area contributed by atoms with Crippen LogP contribution in [0.2, 0.25) is 0 Å². The maximum atomic E-state index is 5.80. The van der Waals surface area contributed by atoms with Gasteiger partial charge in [0.2, 0.25) is 0 Å². The van der Waals surface area contributed by atoms with Crippen LogP contribution in [0.3, 0.4) is 0 Å². The normalized spacial score (nSPS) is 9.86. The van der Waals surface area contributed by atoms with Crippen LogP contribution in [0, 0.1) is 0 Å². The molecule has 0 aliphatic heterocycles. The van der Waals surface area contributed by atoms with Gasteiger partial charge in [-0.05, 0) is 35.5 Å². The summed E-state index contributed by atoms with van der Waals surface area (Å²) in [5, 5.41) is 0. The van der Waals surface area contributed by atoms with Gasteiger partial charge < -0.3 is 15.2 Å². The molecular formula is C18H23NO2. The van der Waals surface area contributed by atoms with Crippen molar-refractivity contribution in [3.8, 4) is 11.5 Å². The predicted octanol–water partition coefficient (Wildman–Crippen LogP) is 4.23. The van der Waals surface area contributed by atoms with Gasteiger partial charge >= 0.3 is 0 Å². The molecule has 21 heavy (non-hydrogen) atoms.